The number of ether oxygens (including phenoxy) is 1. The molecule has 0 radical (unpaired) electrons. The fourth-order valence-electron chi connectivity index (χ4n) is 3.57. The summed E-state index contributed by atoms with van der Waals surface area (Å²) < 4.78 is 5.47. The number of rotatable bonds is 2. The van der Waals surface area contributed by atoms with Crippen LogP contribution in [0.15, 0.2) is 18.2 Å². The van der Waals surface area contributed by atoms with Gasteiger partial charge in [-0.2, -0.15) is 0 Å². The Hall–Kier alpha value is -1.55. The molecule has 1 aromatic rings. The fourth-order valence-corrected chi connectivity index (χ4v) is 3.57. The predicted octanol–water partition coefficient (Wildman–Crippen LogP) is 3.58. The lowest BCUT2D eigenvalue weighted by Gasteiger charge is -2.25. The number of carbonyl (C=O) groups is 1. The van der Waals surface area contributed by atoms with E-state index in [0.717, 1.165) is 32.4 Å². The summed E-state index contributed by atoms with van der Waals surface area (Å²) in [6.07, 6.45) is 3.11. The molecule has 0 aromatic heterocycles. The SMILES string of the molecule is Cc1ccc2c(c1)C(NC1CCN(C(=O)OC(C)(C)C)C1)CC2. The zero-order valence-electron chi connectivity index (χ0n) is 14.7. The van der Waals surface area contributed by atoms with E-state index in [1.54, 1.807) is 0 Å². The number of likely N-dealkylation sites (tertiary alicyclic amines) is 1. The Bertz CT molecular complexity index is 592. The largest absolute Gasteiger partial charge is 0.444 e. The number of hydrogen-bond acceptors (Lipinski definition) is 3. The Balaban J connectivity index is 1.58. The van der Waals surface area contributed by atoms with Gasteiger partial charge in [0.25, 0.3) is 0 Å². The Morgan fingerprint density at radius 2 is 2.09 bits per heavy atom. The van der Waals surface area contributed by atoms with Gasteiger partial charge in [0.05, 0.1) is 0 Å². The lowest BCUT2D eigenvalue weighted by atomic mass is 10.0. The Kier molecular flexibility index (Phi) is 4.37. The van der Waals surface area contributed by atoms with Crippen molar-refractivity contribution in [2.75, 3.05) is 13.1 Å². The number of fused-ring (bicyclic) bond motifs is 1. The maximum atomic E-state index is 12.2. The van der Waals surface area contributed by atoms with Crippen LogP contribution in [0.5, 0.6) is 0 Å². The number of hydrogen-bond donors (Lipinski definition) is 1. The zero-order valence-corrected chi connectivity index (χ0v) is 14.7. The van der Waals surface area contributed by atoms with E-state index in [1.807, 2.05) is 25.7 Å². The van der Waals surface area contributed by atoms with Crippen LogP contribution in [0.3, 0.4) is 0 Å². The van der Waals surface area contributed by atoms with Gasteiger partial charge >= 0.3 is 6.09 Å². The molecule has 3 rings (SSSR count). The molecule has 2 aliphatic rings. The smallest absolute Gasteiger partial charge is 0.410 e. The van der Waals surface area contributed by atoms with Gasteiger partial charge in [0.1, 0.15) is 5.60 Å². The van der Waals surface area contributed by atoms with Gasteiger partial charge in [0, 0.05) is 25.2 Å². The summed E-state index contributed by atoms with van der Waals surface area (Å²) in [6, 6.07) is 7.54. The highest BCUT2D eigenvalue weighted by Crippen LogP contribution is 2.32. The van der Waals surface area contributed by atoms with Crippen molar-refractivity contribution < 1.29 is 9.53 Å². The van der Waals surface area contributed by atoms with E-state index in [4.69, 9.17) is 4.74 Å². The number of benzene rings is 1. The molecule has 1 fully saturated rings. The van der Waals surface area contributed by atoms with Crippen molar-refractivity contribution in [2.45, 2.75) is 64.6 Å². The number of nitrogens with zero attached hydrogens (tertiary/aromatic N) is 1. The van der Waals surface area contributed by atoms with Crippen LogP contribution in [0.1, 0.15) is 56.3 Å². The van der Waals surface area contributed by atoms with Crippen LogP contribution in [0.2, 0.25) is 0 Å². The molecule has 2 unspecified atom stereocenters. The van der Waals surface area contributed by atoms with E-state index in [0.29, 0.717) is 12.1 Å². The van der Waals surface area contributed by atoms with E-state index in [1.165, 1.54) is 16.7 Å². The van der Waals surface area contributed by atoms with Crippen LogP contribution in [-0.2, 0) is 11.2 Å². The summed E-state index contributed by atoms with van der Waals surface area (Å²) in [7, 11) is 0. The normalized spacial score (nSPS) is 23.9. The average Bonchev–Trinajstić information content (AvgIpc) is 3.05. The summed E-state index contributed by atoms with van der Waals surface area (Å²) in [5.74, 6) is 0. The molecule has 1 aliphatic carbocycles. The molecule has 126 valence electrons. The molecule has 1 aliphatic heterocycles. The van der Waals surface area contributed by atoms with E-state index in [-0.39, 0.29) is 6.09 Å². The van der Waals surface area contributed by atoms with Gasteiger partial charge in [-0.15, -0.1) is 0 Å². The highest BCUT2D eigenvalue weighted by Gasteiger charge is 2.32. The predicted molar refractivity (Wildman–Crippen MR) is 91.6 cm³/mol. The lowest BCUT2D eigenvalue weighted by molar-refractivity contribution is 0.0290. The third-order valence-corrected chi connectivity index (χ3v) is 4.66. The number of nitrogens with one attached hydrogen (secondary N) is 1. The summed E-state index contributed by atoms with van der Waals surface area (Å²) in [5, 5.41) is 3.76. The number of amides is 1. The molecule has 23 heavy (non-hydrogen) atoms. The zero-order chi connectivity index (χ0) is 16.6. The second-order valence-electron chi connectivity index (χ2n) is 7.87. The average molecular weight is 316 g/mol. The van der Waals surface area contributed by atoms with Crippen molar-refractivity contribution >= 4 is 6.09 Å². The van der Waals surface area contributed by atoms with Gasteiger partial charge in [-0.1, -0.05) is 23.8 Å². The molecule has 4 heteroatoms. The standard InChI is InChI=1S/C19H28N2O2/c1-13-5-6-14-7-8-17(16(14)11-13)20-15-9-10-21(12-15)18(22)23-19(2,3)4/h5-6,11,15,17,20H,7-10,12H2,1-4H3. The third kappa shape index (κ3) is 3.86. The van der Waals surface area contributed by atoms with E-state index < -0.39 is 5.60 Å². The van der Waals surface area contributed by atoms with Crippen molar-refractivity contribution in [2.24, 2.45) is 0 Å². The van der Waals surface area contributed by atoms with E-state index >= 15 is 0 Å². The highest BCUT2D eigenvalue weighted by molar-refractivity contribution is 5.68. The quantitative estimate of drug-likeness (QED) is 0.907. The molecule has 1 aromatic carbocycles. The summed E-state index contributed by atoms with van der Waals surface area (Å²) in [5.41, 5.74) is 3.81. The van der Waals surface area contributed by atoms with Crippen molar-refractivity contribution in [3.8, 4) is 0 Å². The molecule has 1 N–H and O–H groups in total. The third-order valence-electron chi connectivity index (χ3n) is 4.66. The van der Waals surface area contributed by atoms with Crippen molar-refractivity contribution in [1.82, 2.24) is 10.2 Å². The van der Waals surface area contributed by atoms with Crippen molar-refractivity contribution in [3.63, 3.8) is 0 Å². The van der Waals surface area contributed by atoms with Gasteiger partial charge < -0.3 is 15.0 Å². The van der Waals surface area contributed by atoms with Crippen molar-refractivity contribution in [3.05, 3.63) is 34.9 Å². The maximum Gasteiger partial charge on any atom is 0.410 e. The minimum Gasteiger partial charge on any atom is -0.444 e. The topological polar surface area (TPSA) is 41.6 Å². The first-order valence-corrected chi connectivity index (χ1v) is 8.65. The fraction of sp³-hybridized carbons (Fsp3) is 0.632. The molecular weight excluding hydrogens is 288 g/mol. The number of aryl methyl sites for hydroxylation is 2. The minimum atomic E-state index is -0.426. The van der Waals surface area contributed by atoms with Gasteiger partial charge in [-0.05, 0) is 58.1 Å². The molecule has 1 heterocycles. The first-order valence-electron chi connectivity index (χ1n) is 8.65. The van der Waals surface area contributed by atoms with Crippen LogP contribution in [0.25, 0.3) is 0 Å². The summed E-state index contributed by atoms with van der Waals surface area (Å²) >= 11 is 0. The molecule has 4 nitrogen and oxygen atoms in total. The monoisotopic (exact) mass is 316 g/mol. The summed E-state index contributed by atoms with van der Waals surface area (Å²) in [6.45, 7) is 9.40. The number of carbonyl (C=O) groups excluding carboxylic acids is 1. The first-order chi connectivity index (χ1) is 10.8. The van der Waals surface area contributed by atoms with E-state index in [9.17, 15) is 4.79 Å². The van der Waals surface area contributed by atoms with Crippen LogP contribution in [0.4, 0.5) is 4.79 Å². The van der Waals surface area contributed by atoms with Gasteiger partial charge in [0.15, 0.2) is 0 Å². The second kappa shape index (κ2) is 6.16. The molecule has 1 amide bonds. The Morgan fingerprint density at radius 3 is 2.83 bits per heavy atom. The second-order valence-corrected chi connectivity index (χ2v) is 7.87. The first kappa shape index (κ1) is 16.3. The summed E-state index contributed by atoms with van der Waals surface area (Å²) in [4.78, 5) is 14.0. The van der Waals surface area contributed by atoms with Gasteiger partial charge in [0.2, 0.25) is 0 Å². The lowest BCUT2D eigenvalue weighted by Crippen LogP contribution is -2.39. The Labute approximate surface area is 139 Å². The van der Waals surface area contributed by atoms with Gasteiger partial charge in [-0.3, -0.25) is 0 Å². The van der Waals surface area contributed by atoms with Crippen LogP contribution in [0, 0.1) is 6.92 Å². The van der Waals surface area contributed by atoms with Crippen LogP contribution < -0.4 is 5.32 Å². The molecule has 0 bridgehead atoms. The molecule has 0 spiro atoms. The molecule has 0 saturated carbocycles. The van der Waals surface area contributed by atoms with E-state index in [2.05, 4.69) is 30.4 Å². The van der Waals surface area contributed by atoms with Gasteiger partial charge in [-0.25, -0.2) is 4.79 Å². The highest BCUT2D eigenvalue weighted by atomic mass is 16.6. The maximum absolute atomic E-state index is 12.2. The molecule has 1 saturated heterocycles. The van der Waals surface area contributed by atoms with Crippen LogP contribution in [-0.4, -0.2) is 35.7 Å². The van der Waals surface area contributed by atoms with Crippen molar-refractivity contribution in [1.29, 1.82) is 0 Å². The molecular formula is C19H28N2O2. The minimum absolute atomic E-state index is 0.190. The molecule has 2 atom stereocenters. The Morgan fingerprint density at radius 1 is 1.30 bits per heavy atom. The van der Waals surface area contributed by atoms with Crippen LogP contribution >= 0.6 is 0 Å².